The van der Waals surface area contributed by atoms with Crippen molar-refractivity contribution in [3.05, 3.63) is 127 Å². The van der Waals surface area contributed by atoms with Crippen LogP contribution in [0.25, 0.3) is 0 Å². The van der Waals surface area contributed by atoms with Gasteiger partial charge in [0.05, 0.1) is 24.3 Å². The van der Waals surface area contributed by atoms with Crippen molar-refractivity contribution in [2.24, 2.45) is 11.8 Å². The molecule has 4 aromatic carbocycles. The van der Waals surface area contributed by atoms with Gasteiger partial charge < -0.3 is 9.47 Å². The number of esters is 2. The van der Waals surface area contributed by atoms with Crippen LogP contribution in [0.3, 0.4) is 0 Å². The average Bonchev–Trinajstić information content (AvgIpc) is 2.97. The largest absolute Gasteiger partial charge is 0.462 e. The fourth-order valence-electron chi connectivity index (χ4n) is 6.51. The summed E-state index contributed by atoms with van der Waals surface area (Å²) in [7, 11) is -4.46. The number of fused-ring (bicyclic) bond motifs is 1. The van der Waals surface area contributed by atoms with Crippen molar-refractivity contribution in [3.63, 3.8) is 0 Å². The fraction of sp³-hybridized carbons (Fsp3) is 0.188. The van der Waals surface area contributed by atoms with Gasteiger partial charge in [-0.25, -0.2) is 9.59 Å². The summed E-state index contributed by atoms with van der Waals surface area (Å²) in [6.45, 7) is 0.141. The highest BCUT2D eigenvalue weighted by atomic mass is 127. The first-order chi connectivity index (χ1) is 21.4. The van der Waals surface area contributed by atoms with Crippen molar-refractivity contribution < 1.29 is 32.0 Å². The molecule has 4 aromatic rings. The van der Waals surface area contributed by atoms with Gasteiger partial charge in [-0.05, 0) is 124 Å². The average molecular weight is 1040 g/mol. The molecule has 0 heterocycles. The molecule has 1 N–H and O–H groups in total. The second-order valence-corrected chi connectivity index (χ2v) is 17.0. The highest BCUT2D eigenvalue weighted by Crippen LogP contribution is 2.58. The normalized spacial score (nSPS) is 19.9. The summed E-state index contributed by atoms with van der Waals surface area (Å²) in [6.07, 6.45) is 0. The van der Waals surface area contributed by atoms with Gasteiger partial charge in [0, 0.05) is 44.2 Å². The highest BCUT2D eigenvalue weighted by Gasteiger charge is 2.50. The van der Waals surface area contributed by atoms with Crippen molar-refractivity contribution in [3.8, 4) is 0 Å². The molecule has 3 aliphatic carbocycles. The Hall–Kier alpha value is -1.37. The molecule has 0 aromatic heterocycles. The molecule has 13 heteroatoms. The lowest BCUT2D eigenvalue weighted by molar-refractivity contribution is 0.0116. The van der Waals surface area contributed by atoms with Crippen LogP contribution in [0.1, 0.15) is 54.8 Å². The first kappa shape index (κ1) is 33.5. The predicted molar refractivity (Wildman–Crippen MR) is 195 cm³/mol. The van der Waals surface area contributed by atoms with E-state index < -0.39 is 22.1 Å². The zero-order valence-corrected chi connectivity index (χ0v) is 32.7. The van der Waals surface area contributed by atoms with Crippen LogP contribution in [0.15, 0.2) is 91.1 Å². The van der Waals surface area contributed by atoms with Gasteiger partial charge in [0.1, 0.15) is 4.90 Å². The highest BCUT2D eigenvalue weighted by molar-refractivity contribution is 14.1. The summed E-state index contributed by atoms with van der Waals surface area (Å²) in [4.78, 5) is 26.5. The van der Waals surface area contributed by atoms with Crippen molar-refractivity contribution in [1.82, 2.24) is 0 Å². The molecule has 0 radical (unpaired) electrons. The Morgan fingerprint density at radius 2 is 1.11 bits per heavy atom. The lowest BCUT2D eigenvalue weighted by Crippen LogP contribution is -2.44. The van der Waals surface area contributed by atoms with Gasteiger partial charge in [0.25, 0.3) is 10.1 Å². The van der Waals surface area contributed by atoms with Crippen LogP contribution >= 0.6 is 93.0 Å². The summed E-state index contributed by atoms with van der Waals surface area (Å²) in [6, 6.07) is 22.8. The van der Waals surface area contributed by atoms with Gasteiger partial charge in [-0.2, -0.15) is 8.42 Å². The summed E-state index contributed by atoms with van der Waals surface area (Å²) in [5.41, 5.74) is 5.20. The quantitative estimate of drug-likeness (QED) is 0.112. The van der Waals surface area contributed by atoms with Gasteiger partial charge in [-0.15, -0.1) is 0 Å². The summed E-state index contributed by atoms with van der Waals surface area (Å²) in [5.74, 6) is -1.72. The van der Waals surface area contributed by atoms with Crippen molar-refractivity contribution in [2.45, 2.75) is 16.7 Å². The molecular formula is C32H21Br3I2O7S. The summed E-state index contributed by atoms with van der Waals surface area (Å²) in [5, 5.41) is 0. The smallest absolute Gasteiger partial charge is 0.340 e. The molecule has 3 aliphatic rings. The van der Waals surface area contributed by atoms with Gasteiger partial charge in [0.2, 0.25) is 0 Å². The minimum Gasteiger partial charge on any atom is -0.462 e. The molecule has 2 unspecified atom stereocenters. The Morgan fingerprint density at radius 3 is 1.51 bits per heavy atom. The molecule has 7 rings (SSSR count). The fourth-order valence-corrected chi connectivity index (χ4v) is 13.1. The monoisotopic (exact) mass is 1040 g/mol. The molecule has 45 heavy (non-hydrogen) atoms. The minimum absolute atomic E-state index is 0.0454. The van der Waals surface area contributed by atoms with E-state index in [1.165, 1.54) is 23.3 Å². The van der Waals surface area contributed by atoms with E-state index in [2.05, 4.69) is 72.1 Å². The maximum atomic E-state index is 13.4. The third-order valence-corrected chi connectivity index (χ3v) is 13.4. The van der Waals surface area contributed by atoms with E-state index in [1.54, 1.807) is 57.3 Å². The van der Waals surface area contributed by atoms with Crippen molar-refractivity contribution in [1.29, 1.82) is 0 Å². The molecule has 0 fully saturated rings. The Balaban J connectivity index is 1.34. The van der Waals surface area contributed by atoms with Gasteiger partial charge in [-0.1, -0.05) is 64.5 Å². The molecular weight excluding hydrogens is 1020 g/mol. The first-order valence-corrected chi connectivity index (χ1v) is 19.5. The molecule has 0 amide bonds. The maximum Gasteiger partial charge on any atom is 0.340 e. The Labute approximate surface area is 312 Å². The van der Waals surface area contributed by atoms with Crippen LogP contribution in [0, 0.1) is 19.0 Å². The van der Waals surface area contributed by atoms with E-state index >= 15 is 0 Å². The van der Waals surface area contributed by atoms with Gasteiger partial charge in [0.15, 0.2) is 0 Å². The second-order valence-electron chi connectivity index (χ2n) is 10.7. The SMILES string of the molecule is O=C(OCC1C2c3ccccc3C(c3ccccc32)C1COC(=O)c1c(Br)cc(Br)cc1Br)c1cc(I)c(S(=O)(=O)O)c(I)c1. The number of rotatable bonds is 7. The molecule has 0 aliphatic heterocycles. The number of carbonyl (C=O) groups is 2. The summed E-state index contributed by atoms with van der Waals surface area (Å²) >= 11 is 13.9. The Morgan fingerprint density at radius 1 is 0.711 bits per heavy atom. The molecule has 7 nitrogen and oxygen atoms in total. The number of halogens is 5. The standard InChI is InChI=1S/C32H21Br3I2O7S/c33-16-11-23(34)29(24(35)12-16)32(39)44-14-22-21(13-43-31(38)15-9-25(36)30(26(37)10-15)45(40,41)42)27-17-5-1-3-7-19(17)28(22)20-8-4-2-6-18(20)27/h1-12,21-22,27-28H,13-14H2,(H,40,41,42). The first-order valence-electron chi connectivity index (χ1n) is 13.5. The van der Waals surface area contributed by atoms with E-state index in [4.69, 9.17) is 9.47 Å². The molecule has 0 saturated heterocycles. The van der Waals surface area contributed by atoms with E-state index in [0.29, 0.717) is 14.5 Å². The van der Waals surface area contributed by atoms with Crippen LogP contribution in [0.5, 0.6) is 0 Å². The molecule has 2 bridgehead atoms. The maximum absolute atomic E-state index is 13.4. The van der Waals surface area contributed by atoms with Crippen LogP contribution < -0.4 is 0 Å². The molecule has 2 atom stereocenters. The minimum atomic E-state index is -4.46. The third-order valence-electron chi connectivity index (χ3n) is 8.26. The van der Waals surface area contributed by atoms with Gasteiger partial charge in [-0.3, -0.25) is 4.55 Å². The van der Waals surface area contributed by atoms with E-state index in [9.17, 15) is 22.6 Å². The lowest BCUT2D eigenvalue weighted by atomic mass is 9.54. The van der Waals surface area contributed by atoms with Crippen LogP contribution in [-0.2, 0) is 19.6 Å². The number of hydrogen-bond donors (Lipinski definition) is 1. The molecule has 0 spiro atoms. The molecule has 0 saturated carbocycles. The van der Waals surface area contributed by atoms with Crippen LogP contribution in [-0.4, -0.2) is 38.1 Å². The Kier molecular flexibility index (Phi) is 9.88. The molecule has 232 valence electrons. The Bertz CT molecular complexity index is 1890. The topological polar surface area (TPSA) is 107 Å². The van der Waals surface area contributed by atoms with Gasteiger partial charge >= 0.3 is 11.9 Å². The second kappa shape index (κ2) is 13.3. The predicted octanol–water partition coefficient (Wildman–Crippen LogP) is 8.97. The number of carbonyl (C=O) groups excluding carboxylic acids is 2. The number of benzene rings is 4. The summed E-state index contributed by atoms with van der Waals surface area (Å²) < 4.78 is 47.6. The lowest BCUT2D eigenvalue weighted by Gasteiger charge is -2.50. The van der Waals surface area contributed by atoms with E-state index in [1.807, 2.05) is 24.3 Å². The van der Waals surface area contributed by atoms with E-state index in [0.717, 1.165) is 15.6 Å². The van der Waals surface area contributed by atoms with Crippen molar-refractivity contribution in [2.75, 3.05) is 13.2 Å². The zero-order valence-electron chi connectivity index (χ0n) is 22.8. The number of hydrogen-bond acceptors (Lipinski definition) is 6. The number of ether oxygens (including phenoxy) is 2. The van der Waals surface area contributed by atoms with Crippen molar-refractivity contribution >= 4 is 115 Å². The van der Waals surface area contributed by atoms with Crippen LogP contribution in [0.4, 0.5) is 0 Å². The zero-order chi connectivity index (χ0) is 32.2. The van der Waals surface area contributed by atoms with E-state index in [-0.39, 0.29) is 54.5 Å². The van der Waals surface area contributed by atoms with Crippen LogP contribution in [0.2, 0.25) is 0 Å². The third kappa shape index (κ3) is 6.43.